The number of ether oxygens (including phenoxy) is 1. The molecule has 0 spiro atoms. The van der Waals surface area contributed by atoms with Gasteiger partial charge in [0, 0.05) is 55.8 Å². The van der Waals surface area contributed by atoms with Gasteiger partial charge in [0.2, 0.25) is 5.91 Å². The SMILES string of the molecule is CNc1cc(C)nc(C2(C)CCCN(C(=O)c3cccc(OCCN4CCCC4=O)c3)C2)n1. The van der Waals surface area contributed by atoms with Crippen LogP contribution in [0.5, 0.6) is 5.75 Å². The first-order valence-electron chi connectivity index (χ1n) is 11.7. The van der Waals surface area contributed by atoms with Gasteiger partial charge >= 0.3 is 0 Å². The second-order valence-corrected chi connectivity index (χ2v) is 9.22. The van der Waals surface area contributed by atoms with E-state index in [4.69, 9.17) is 14.7 Å². The molecule has 1 aromatic heterocycles. The number of carbonyl (C=O) groups is 2. The van der Waals surface area contributed by atoms with E-state index in [0.29, 0.717) is 44.0 Å². The number of benzene rings is 1. The number of hydrogen-bond donors (Lipinski definition) is 1. The molecule has 176 valence electrons. The number of piperidine rings is 1. The maximum atomic E-state index is 13.4. The van der Waals surface area contributed by atoms with Crippen LogP contribution in [0.15, 0.2) is 30.3 Å². The third kappa shape index (κ3) is 5.26. The van der Waals surface area contributed by atoms with E-state index in [-0.39, 0.29) is 17.2 Å². The van der Waals surface area contributed by atoms with Gasteiger partial charge in [0.05, 0.1) is 6.54 Å². The number of amides is 2. The number of anilines is 1. The highest BCUT2D eigenvalue weighted by molar-refractivity contribution is 5.94. The van der Waals surface area contributed by atoms with Crippen molar-refractivity contribution in [3.05, 3.63) is 47.4 Å². The van der Waals surface area contributed by atoms with Gasteiger partial charge in [-0.3, -0.25) is 9.59 Å². The smallest absolute Gasteiger partial charge is 0.254 e. The van der Waals surface area contributed by atoms with Gasteiger partial charge in [0.15, 0.2) is 0 Å². The Bertz CT molecular complexity index is 1030. The molecule has 1 aromatic carbocycles. The molecule has 2 aliphatic heterocycles. The number of rotatable bonds is 7. The van der Waals surface area contributed by atoms with Crippen molar-refractivity contribution >= 4 is 17.6 Å². The third-order valence-corrected chi connectivity index (χ3v) is 6.52. The van der Waals surface area contributed by atoms with Crippen molar-refractivity contribution in [3.8, 4) is 5.75 Å². The Morgan fingerprint density at radius 3 is 2.82 bits per heavy atom. The Labute approximate surface area is 195 Å². The molecule has 1 atom stereocenters. The molecule has 8 nitrogen and oxygen atoms in total. The molecule has 1 unspecified atom stereocenters. The lowest BCUT2D eigenvalue weighted by atomic mass is 9.80. The number of aromatic nitrogens is 2. The lowest BCUT2D eigenvalue weighted by Crippen LogP contribution is -2.48. The van der Waals surface area contributed by atoms with Crippen LogP contribution in [0.4, 0.5) is 5.82 Å². The normalized spacial score (nSPS) is 20.8. The van der Waals surface area contributed by atoms with E-state index in [1.807, 2.05) is 48.0 Å². The van der Waals surface area contributed by atoms with Crippen LogP contribution >= 0.6 is 0 Å². The van der Waals surface area contributed by atoms with Crippen LogP contribution in [-0.2, 0) is 10.2 Å². The molecule has 8 heteroatoms. The van der Waals surface area contributed by atoms with Crippen molar-refractivity contribution < 1.29 is 14.3 Å². The molecule has 2 saturated heterocycles. The number of hydrogen-bond acceptors (Lipinski definition) is 6. The van der Waals surface area contributed by atoms with Crippen LogP contribution in [0.25, 0.3) is 0 Å². The molecular formula is C25H33N5O3. The van der Waals surface area contributed by atoms with Crippen molar-refractivity contribution in [1.82, 2.24) is 19.8 Å². The lowest BCUT2D eigenvalue weighted by molar-refractivity contribution is -0.128. The monoisotopic (exact) mass is 451 g/mol. The summed E-state index contributed by atoms with van der Waals surface area (Å²) >= 11 is 0. The third-order valence-electron chi connectivity index (χ3n) is 6.52. The summed E-state index contributed by atoms with van der Waals surface area (Å²) < 4.78 is 5.85. The number of nitrogens with zero attached hydrogens (tertiary/aromatic N) is 4. The van der Waals surface area contributed by atoms with Gasteiger partial charge in [-0.2, -0.15) is 0 Å². The topological polar surface area (TPSA) is 87.7 Å². The average molecular weight is 452 g/mol. The lowest BCUT2D eigenvalue weighted by Gasteiger charge is -2.39. The summed E-state index contributed by atoms with van der Waals surface area (Å²) in [6.45, 7) is 7.18. The largest absolute Gasteiger partial charge is 0.492 e. The van der Waals surface area contributed by atoms with Crippen LogP contribution in [-0.4, -0.2) is 71.4 Å². The molecule has 0 aliphatic carbocycles. The maximum absolute atomic E-state index is 13.4. The molecule has 1 N–H and O–H groups in total. The second-order valence-electron chi connectivity index (χ2n) is 9.22. The maximum Gasteiger partial charge on any atom is 0.254 e. The van der Waals surface area contributed by atoms with Crippen molar-refractivity contribution in [2.75, 3.05) is 45.2 Å². The van der Waals surface area contributed by atoms with Crippen LogP contribution < -0.4 is 10.1 Å². The summed E-state index contributed by atoms with van der Waals surface area (Å²) in [5, 5.41) is 3.10. The van der Waals surface area contributed by atoms with Crippen molar-refractivity contribution in [1.29, 1.82) is 0 Å². The van der Waals surface area contributed by atoms with E-state index in [1.54, 1.807) is 6.07 Å². The summed E-state index contributed by atoms with van der Waals surface area (Å²) in [5.41, 5.74) is 1.21. The summed E-state index contributed by atoms with van der Waals surface area (Å²) in [6.07, 6.45) is 3.38. The highest BCUT2D eigenvalue weighted by Gasteiger charge is 2.37. The van der Waals surface area contributed by atoms with E-state index in [9.17, 15) is 9.59 Å². The molecule has 0 saturated carbocycles. The summed E-state index contributed by atoms with van der Waals surface area (Å²) in [5.74, 6) is 2.39. The van der Waals surface area contributed by atoms with Crippen LogP contribution in [0.3, 0.4) is 0 Å². The molecule has 2 amide bonds. The summed E-state index contributed by atoms with van der Waals surface area (Å²) in [6, 6.07) is 9.23. The van der Waals surface area contributed by atoms with Gasteiger partial charge in [-0.1, -0.05) is 13.0 Å². The van der Waals surface area contributed by atoms with E-state index in [0.717, 1.165) is 43.1 Å². The van der Waals surface area contributed by atoms with Crippen molar-refractivity contribution in [2.45, 2.75) is 44.9 Å². The average Bonchev–Trinajstić information content (AvgIpc) is 3.23. The molecule has 2 aromatic rings. The molecule has 0 bridgehead atoms. The molecule has 3 heterocycles. The minimum atomic E-state index is -0.304. The quantitative estimate of drug-likeness (QED) is 0.696. The highest BCUT2D eigenvalue weighted by atomic mass is 16.5. The number of likely N-dealkylation sites (tertiary alicyclic amines) is 2. The first-order valence-corrected chi connectivity index (χ1v) is 11.7. The number of aryl methyl sites for hydroxylation is 1. The minimum absolute atomic E-state index is 0.0115. The number of carbonyl (C=O) groups excluding carboxylic acids is 2. The molecule has 0 radical (unpaired) electrons. The van der Waals surface area contributed by atoms with Crippen molar-refractivity contribution in [2.24, 2.45) is 0 Å². The van der Waals surface area contributed by atoms with Gasteiger partial charge in [0.25, 0.3) is 5.91 Å². The highest BCUT2D eigenvalue weighted by Crippen LogP contribution is 2.33. The first-order chi connectivity index (χ1) is 15.9. The van der Waals surface area contributed by atoms with E-state index >= 15 is 0 Å². The number of nitrogens with one attached hydrogen (secondary N) is 1. The Morgan fingerprint density at radius 1 is 1.21 bits per heavy atom. The van der Waals surface area contributed by atoms with Crippen molar-refractivity contribution in [3.63, 3.8) is 0 Å². The van der Waals surface area contributed by atoms with Crippen LogP contribution in [0, 0.1) is 6.92 Å². The van der Waals surface area contributed by atoms with Gasteiger partial charge < -0.3 is 19.9 Å². The van der Waals surface area contributed by atoms with E-state index in [2.05, 4.69) is 12.2 Å². The standard InChI is InChI=1S/C25H33N5O3/c1-18-15-21(26-3)28-24(27-18)25(2)10-6-12-30(17-25)23(32)19-7-4-8-20(16-19)33-14-13-29-11-5-9-22(29)31/h4,7-8,15-16H,5-6,9-14,17H2,1-3H3,(H,26,27,28). The van der Waals surface area contributed by atoms with Gasteiger partial charge in [-0.15, -0.1) is 0 Å². The minimum Gasteiger partial charge on any atom is -0.492 e. The first kappa shape index (κ1) is 23.0. The Kier molecular flexibility index (Phi) is 6.81. The van der Waals surface area contributed by atoms with Gasteiger partial charge in [0.1, 0.15) is 24.0 Å². The second kappa shape index (κ2) is 9.77. The fourth-order valence-corrected chi connectivity index (χ4v) is 4.68. The van der Waals surface area contributed by atoms with Crippen LogP contribution in [0.2, 0.25) is 0 Å². The zero-order chi connectivity index (χ0) is 23.4. The van der Waals surface area contributed by atoms with E-state index < -0.39 is 0 Å². The Balaban J connectivity index is 1.42. The molecular weight excluding hydrogens is 418 g/mol. The molecule has 33 heavy (non-hydrogen) atoms. The summed E-state index contributed by atoms with van der Waals surface area (Å²) in [7, 11) is 1.85. The zero-order valence-electron chi connectivity index (χ0n) is 19.8. The predicted molar refractivity (Wildman–Crippen MR) is 127 cm³/mol. The van der Waals surface area contributed by atoms with Gasteiger partial charge in [-0.05, 0) is 44.4 Å². The summed E-state index contributed by atoms with van der Waals surface area (Å²) in [4.78, 5) is 38.2. The zero-order valence-corrected chi connectivity index (χ0v) is 19.8. The van der Waals surface area contributed by atoms with E-state index in [1.165, 1.54) is 0 Å². The Morgan fingerprint density at radius 2 is 2.06 bits per heavy atom. The fraction of sp³-hybridized carbons (Fsp3) is 0.520. The molecule has 2 fully saturated rings. The molecule has 2 aliphatic rings. The predicted octanol–water partition coefficient (Wildman–Crippen LogP) is 3.02. The van der Waals surface area contributed by atoms with Gasteiger partial charge in [-0.25, -0.2) is 9.97 Å². The molecule has 4 rings (SSSR count). The fourth-order valence-electron chi connectivity index (χ4n) is 4.68. The van der Waals surface area contributed by atoms with Crippen LogP contribution in [0.1, 0.15) is 54.5 Å². The Hall–Kier alpha value is -3.16.